The molecule has 5 heteroatoms. The quantitative estimate of drug-likeness (QED) is 0.483. The smallest absolute Gasteiger partial charge is 0.329 e. The minimum atomic E-state index is -1.53. The van der Waals surface area contributed by atoms with Crippen molar-refractivity contribution in [3.63, 3.8) is 0 Å². The molecule has 1 fully saturated rings. The Kier molecular flexibility index (Phi) is 2.04. The van der Waals surface area contributed by atoms with Gasteiger partial charge in [0.1, 0.15) is 6.10 Å². The molecule has 5 nitrogen and oxygen atoms in total. The van der Waals surface area contributed by atoms with Gasteiger partial charge in [-0.3, -0.25) is 4.79 Å². The lowest BCUT2D eigenvalue weighted by Crippen LogP contribution is -2.36. The van der Waals surface area contributed by atoms with Gasteiger partial charge in [-0.1, -0.05) is 0 Å². The number of nitriles is 1. The third-order valence-electron chi connectivity index (χ3n) is 2.04. The van der Waals surface area contributed by atoms with Crippen molar-refractivity contribution in [2.24, 2.45) is 5.41 Å². The van der Waals surface area contributed by atoms with Gasteiger partial charge in [-0.15, -0.1) is 0 Å². The second kappa shape index (κ2) is 2.73. The van der Waals surface area contributed by atoms with Gasteiger partial charge in [0, 0.05) is 0 Å². The molecule has 0 bridgehead atoms. The van der Waals surface area contributed by atoms with E-state index < -0.39 is 30.2 Å². The molecule has 3 atom stereocenters. The summed E-state index contributed by atoms with van der Waals surface area (Å²) in [7, 11) is 0. The van der Waals surface area contributed by atoms with E-state index in [1.807, 2.05) is 0 Å². The molecule has 0 saturated carbocycles. The van der Waals surface area contributed by atoms with Crippen molar-refractivity contribution in [2.75, 3.05) is 6.61 Å². The highest BCUT2D eigenvalue weighted by atomic mass is 16.6. The number of carbonyl (C=O) groups excluding carboxylic acids is 1. The minimum Gasteiger partial charge on any atom is -0.456 e. The van der Waals surface area contributed by atoms with Crippen LogP contribution in [0.15, 0.2) is 0 Å². The van der Waals surface area contributed by atoms with Crippen LogP contribution in [0.4, 0.5) is 0 Å². The molecular weight excluding hydrogens is 162 g/mol. The molecule has 0 spiro atoms. The molecule has 0 unspecified atom stereocenters. The fraction of sp³-hybridized carbons (Fsp3) is 0.714. The van der Waals surface area contributed by atoms with Crippen LogP contribution >= 0.6 is 0 Å². The molecule has 0 aromatic heterocycles. The zero-order valence-electron chi connectivity index (χ0n) is 6.52. The van der Waals surface area contributed by atoms with Crippen molar-refractivity contribution >= 4 is 5.97 Å². The molecule has 1 saturated heterocycles. The highest BCUT2D eigenvalue weighted by Crippen LogP contribution is 2.32. The van der Waals surface area contributed by atoms with Crippen LogP contribution in [0.1, 0.15) is 6.92 Å². The molecule has 1 rings (SSSR count). The number of hydrogen-bond donors (Lipinski definition) is 2. The number of hydrogen-bond acceptors (Lipinski definition) is 5. The van der Waals surface area contributed by atoms with Crippen molar-refractivity contribution in [3.8, 4) is 6.07 Å². The number of esters is 1. The van der Waals surface area contributed by atoms with E-state index in [1.54, 1.807) is 6.07 Å². The average Bonchev–Trinajstić information content (AvgIpc) is 2.30. The molecule has 2 N–H and O–H groups in total. The van der Waals surface area contributed by atoms with E-state index in [1.165, 1.54) is 6.92 Å². The standard InChI is InChI=1S/C7H9NO4/c1-7(3-8)5(10)4(2-9)12-6(7)11/h4-5,9-10H,2H2,1H3/t4-,5-,7-/m1/s1. The molecule has 0 aromatic carbocycles. The van der Waals surface area contributed by atoms with Gasteiger partial charge >= 0.3 is 5.97 Å². The summed E-state index contributed by atoms with van der Waals surface area (Å²) in [6.07, 6.45) is -2.22. The molecular formula is C7H9NO4. The normalized spacial score (nSPS) is 40.7. The monoisotopic (exact) mass is 171 g/mol. The molecule has 12 heavy (non-hydrogen) atoms. The highest BCUT2D eigenvalue weighted by Gasteiger charge is 2.54. The van der Waals surface area contributed by atoms with E-state index in [-0.39, 0.29) is 0 Å². The summed E-state index contributed by atoms with van der Waals surface area (Å²) in [4.78, 5) is 11.0. The third-order valence-corrected chi connectivity index (χ3v) is 2.04. The minimum absolute atomic E-state index is 0.468. The number of aliphatic hydroxyl groups is 2. The number of ether oxygens (including phenoxy) is 1. The summed E-state index contributed by atoms with van der Waals surface area (Å²) in [5, 5.41) is 26.6. The molecule has 0 aliphatic carbocycles. The van der Waals surface area contributed by atoms with Crippen LogP contribution in [0.3, 0.4) is 0 Å². The Morgan fingerprint density at radius 3 is 2.67 bits per heavy atom. The number of cyclic esters (lactones) is 1. The van der Waals surface area contributed by atoms with Crippen LogP contribution in [0.25, 0.3) is 0 Å². The maximum absolute atomic E-state index is 11.0. The fourth-order valence-electron chi connectivity index (χ4n) is 1.07. The van der Waals surface area contributed by atoms with Crippen molar-refractivity contribution in [1.82, 2.24) is 0 Å². The number of aliphatic hydroxyl groups excluding tert-OH is 2. The average molecular weight is 171 g/mol. The lowest BCUT2D eigenvalue weighted by Gasteiger charge is -2.15. The Bertz CT molecular complexity index is 246. The van der Waals surface area contributed by atoms with Gasteiger partial charge in [-0.2, -0.15) is 5.26 Å². The summed E-state index contributed by atoms with van der Waals surface area (Å²) in [5.41, 5.74) is -1.53. The molecule has 66 valence electrons. The summed E-state index contributed by atoms with van der Waals surface area (Å²) in [6, 6.07) is 1.67. The van der Waals surface area contributed by atoms with Crippen LogP contribution in [0.2, 0.25) is 0 Å². The van der Waals surface area contributed by atoms with Crippen LogP contribution in [-0.2, 0) is 9.53 Å². The third kappa shape index (κ3) is 0.967. The number of nitrogens with zero attached hydrogens (tertiary/aromatic N) is 1. The van der Waals surface area contributed by atoms with Crippen LogP contribution in [0, 0.1) is 16.7 Å². The van der Waals surface area contributed by atoms with E-state index in [0.717, 1.165) is 0 Å². The van der Waals surface area contributed by atoms with E-state index in [2.05, 4.69) is 4.74 Å². The maximum Gasteiger partial charge on any atom is 0.329 e. The van der Waals surface area contributed by atoms with Crippen molar-refractivity contribution < 1.29 is 19.7 Å². The maximum atomic E-state index is 11.0. The largest absolute Gasteiger partial charge is 0.456 e. The zero-order chi connectivity index (χ0) is 9.35. The molecule has 0 amide bonds. The van der Waals surface area contributed by atoms with Gasteiger partial charge in [-0.05, 0) is 6.92 Å². The van der Waals surface area contributed by atoms with Crippen LogP contribution in [0.5, 0.6) is 0 Å². The Morgan fingerprint density at radius 2 is 2.42 bits per heavy atom. The fourth-order valence-corrected chi connectivity index (χ4v) is 1.07. The summed E-state index contributed by atoms with van der Waals surface area (Å²) in [5.74, 6) is -0.781. The van der Waals surface area contributed by atoms with E-state index >= 15 is 0 Å². The first kappa shape index (κ1) is 8.97. The van der Waals surface area contributed by atoms with Crippen molar-refractivity contribution in [3.05, 3.63) is 0 Å². The first-order valence-electron chi connectivity index (χ1n) is 3.47. The van der Waals surface area contributed by atoms with E-state index in [0.29, 0.717) is 0 Å². The first-order chi connectivity index (χ1) is 5.56. The van der Waals surface area contributed by atoms with Gasteiger partial charge in [0.2, 0.25) is 0 Å². The SMILES string of the molecule is C[C@]1(C#N)C(=O)O[C@H](CO)[C@H]1O. The molecule has 1 heterocycles. The molecule has 0 radical (unpaired) electrons. The second-order valence-electron chi connectivity index (χ2n) is 2.89. The van der Waals surface area contributed by atoms with E-state index in [9.17, 15) is 9.90 Å². The lowest BCUT2D eigenvalue weighted by molar-refractivity contribution is -0.147. The van der Waals surface area contributed by atoms with Crippen LogP contribution < -0.4 is 0 Å². The van der Waals surface area contributed by atoms with E-state index in [4.69, 9.17) is 10.4 Å². The first-order valence-corrected chi connectivity index (χ1v) is 3.47. The summed E-state index contributed by atoms with van der Waals surface area (Å²) < 4.78 is 4.57. The van der Waals surface area contributed by atoms with Crippen LogP contribution in [-0.4, -0.2) is 35.0 Å². The van der Waals surface area contributed by atoms with Gasteiger partial charge in [-0.25, -0.2) is 0 Å². The predicted molar refractivity (Wildman–Crippen MR) is 36.7 cm³/mol. The predicted octanol–water partition coefficient (Wildman–Crippen LogP) is -1.21. The molecule has 1 aliphatic heterocycles. The highest BCUT2D eigenvalue weighted by molar-refractivity contribution is 5.82. The van der Waals surface area contributed by atoms with Gasteiger partial charge in [0.15, 0.2) is 11.5 Å². The molecule has 1 aliphatic rings. The second-order valence-corrected chi connectivity index (χ2v) is 2.89. The van der Waals surface area contributed by atoms with Gasteiger partial charge < -0.3 is 14.9 Å². The lowest BCUT2D eigenvalue weighted by atomic mass is 9.86. The topological polar surface area (TPSA) is 90.6 Å². The van der Waals surface area contributed by atoms with Crippen molar-refractivity contribution in [1.29, 1.82) is 5.26 Å². The number of carbonyl (C=O) groups is 1. The zero-order valence-corrected chi connectivity index (χ0v) is 6.52. The molecule has 0 aromatic rings. The Labute approximate surface area is 69.2 Å². The summed E-state index contributed by atoms with van der Waals surface area (Å²) >= 11 is 0. The van der Waals surface area contributed by atoms with Gasteiger partial charge in [0.05, 0.1) is 12.7 Å². The Balaban J connectivity index is 2.93. The number of rotatable bonds is 1. The van der Waals surface area contributed by atoms with Crippen molar-refractivity contribution in [2.45, 2.75) is 19.1 Å². The van der Waals surface area contributed by atoms with Gasteiger partial charge in [0.25, 0.3) is 0 Å². The Hall–Kier alpha value is -1.12. The summed E-state index contributed by atoms with van der Waals surface area (Å²) in [6.45, 7) is 0.819. The Morgan fingerprint density at radius 1 is 1.83 bits per heavy atom.